The van der Waals surface area contributed by atoms with Gasteiger partial charge in [0, 0.05) is 29.7 Å². The number of aromatic amines is 1. The normalized spacial score (nSPS) is 13.7. The second-order valence-electron chi connectivity index (χ2n) is 4.98. The lowest BCUT2D eigenvalue weighted by atomic mass is 9.92. The lowest BCUT2D eigenvalue weighted by Gasteiger charge is -2.14. The number of H-pyrrole nitrogens is 1. The maximum Gasteiger partial charge on any atom is 0.0454 e. The van der Waals surface area contributed by atoms with E-state index in [1.165, 1.54) is 33.2 Å². The Bertz CT molecular complexity index is 781. The van der Waals surface area contributed by atoms with Crippen LogP contribution in [0.25, 0.3) is 28.1 Å². The van der Waals surface area contributed by atoms with Crippen molar-refractivity contribution in [3.05, 3.63) is 60.1 Å². The molecule has 3 aromatic rings. The molecule has 0 saturated heterocycles. The number of nitrogens with one attached hydrogen (secondary N) is 1. The predicted octanol–water partition coefficient (Wildman–Crippen LogP) is 4.19. The molecular weight excluding hydrogens is 232 g/mol. The van der Waals surface area contributed by atoms with Crippen LogP contribution in [0.15, 0.2) is 48.9 Å². The average molecular weight is 246 g/mol. The molecule has 0 atom stereocenters. The molecule has 4 rings (SSSR count). The third-order valence-electron chi connectivity index (χ3n) is 3.80. The Hall–Kier alpha value is -2.35. The number of nitrogens with zero attached hydrogens (tertiary/aromatic N) is 1. The molecule has 1 aliphatic rings. The van der Waals surface area contributed by atoms with Gasteiger partial charge < -0.3 is 4.98 Å². The first-order valence-electron chi connectivity index (χ1n) is 6.63. The van der Waals surface area contributed by atoms with Crippen molar-refractivity contribution in [3.63, 3.8) is 0 Å². The molecule has 1 aliphatic carbocycles. The van der Waals surface area contributed by atoms with Crippen molar-refractivity contribution in [2.24, 2.45) is 0 Å². The third kappa shape index (κ3) is 1.68. The van der Waals surface area contributed by atoms with Crippen molar-refractivity contribution in [1.29, 1.82) is 0 Å². The zero-order valence-electron chi connectivity index (χ0n) is 10.6. The SMILES string of the molecule is C1=Cc2c(cncc2-c2ccc3[nH]ccc3c2)CC1. The molecule has 19 heavy (non-hydrogen) atoms. The highest BCUT2D eigenvalue weighted by molar-refractivity contribution is 5.87. The summed E-state index contributed by atoms with van der Waals surface area (Å²) in [5.41, 5.74) is 6.34. The number of aryl methyl sites for hydroxylation is 1. The van der Waals surface area contributed by atoms with E-state index in [2.05, 4.69) is 46.4 Å². The molecule has 0 aliphatic heterocycles. The summed E-state index contributed by atoms with van der Waals surface area (Å²) in [6.45, 7) is 0. The molecule has 92 valence electrons. The van der Waals surface area contributed by atoms with E-state index < -0.39 is 0 Å². The van der Waals surface area contributed by atoms with E-state index in [1.807, 2.05) is 18.6 Å². The molecule has 0 radical (unpaired) electrons. The highest BCUT2D eigenvalue weighted by Crippen LogP contribution is 2.31. The van der Waals surface area contributed by atoms with E-state index in [-0.39, 0.29) is 0 Å². The first-order chi connectivity index (χ1) is 9.42. The van der Waals surface area contributed by atoms with Crippen LogP contribution in [-0.2, 0) is 6.42 Å². The van der Waals surface area contributed by atoms with E-state index in [0.29, 0.717) is 0 Å². The van der Waals surface area contributed by atoms with Gasteiger partial charge in [-0.2, -0.15) is 0 Å². The van der Waals surface area contributed by atoms with Crippen molar-refractivity contribution in [1.82, 2.24) is 9.97 Å². The number of rotatable bonds is 1. The molecule has 2 heteroatoms. The standard InChI is InChI=1S/C17H14N2/c1-2-4-15-14(3-1)10-18-11-16(15)12-5-6-17-13(9-12)7-8-19-17/h2,4-11,19H,1,3H2. The summed E-state index contributed by atoms with van der Waals surface area (Å²) in [5.74, 6) is 0. The molecule has 1 aromatic carbocycles. The Morgan fingerprint density at radius 3 is 3.11 bits per heavy atom. The van der Waals surface area contributed by atoms with Gasteiger partial charge in [-0.05, 0) is 53.1 Å². The van der Waals surface area contributed by atoms with Crippen LogP contribution in [0.2, 0.25) is 0 Å². The largest absolute Gasteiger partial charge is 0.361 e. The Morgan fingerprint density at radius 1 is 1.11 bits per heavy atom. The van der Waals surface area contributed by atoms with E-state index in [9.17, 15) is 0 Å². The second-order valence-corrected chi connectivity index (χ2v) is 4.98. The van der Waals surface area contributed by atoms with Crippen LogP contribution in [-0.4, -0.2) is 9.97 Å². The molecule has 2 nitrogen and oxygen atoms in total. The molecule has 2 aromatic heterocycles. The summed E-state index contributed by atoms with van der Waals surface area (Å²) in [6.07, 6.45) is 12.7. The monoisotopic (exact) mass is 246 g/mol. The molecule has 0 unspecified atom stereocenters. The van der Waals surface area contributed by atoms with Gasteiger partial charge >= 0.3 is 0 Å². The minimum absolute atomic E-state index is 1.10. The molecule has 0 bridgehead atoms. The van der Waals surface area contributed by atoms with Crippen molar-refractivity contribution >= 4 is 17.0 Å². The number of hydrogen-bond donors (Lipinski definition) is 1. The fraction of sp³-hybridized carbons (Fsp3) is 0.118. The van der Waals surface area contributed by atoms with E-state index in [0.717, 1.165) is 12.8 Å². The Morgan fingerprint density at radius 2 is 2.11 bits per heavy atom. The van der Waals surface area contributed by atoms with Crippen molar-refractivity contribution < 1.29 is 0 Å². The van der Waals surface area contributed by atoms with Gasteiger partial charge in [0.15, 0.2) is 0 Å². The van der Waals surface area contributed by atoms with Crippen LogP contribution in [0.1, 0.15) is 17.5 Å². The van der Waals surface area contributed by atoms with Crippen LogP contribution in [0.5, 0.6) is 0 Å². The Kier molecular flexibility index (Phi) is 2.27. The van der Waals surface area contributed by atoms with Gasteiger partial charge in [0.2, 0.25) is 0 Å². The molecule has 0 amide bonds. The van der Waals surface area contributed by atoms with Crippen molar-refractivity contribution in [3.8, 4) is 11.1 Å². The summed E-state index contributed by atoms with van der Waals surface area (Å²) < 4.78 is 0. The van der Waals surface area contributed by atoms with E-state index >= 15 is 0 Å². The van der Waals surface area contributed by atoms with E-state index in [4.69, 9.17) is 0 Å². The summed E-state index contributed by atoms with van der Waals surface area (Å²) in [6, 6.07) is 8.64. The molecule has 2 heterocycles. The van der Waals surface area contributed by atoms with Crippen LogP contribution >= 0.6 is 0 Å². The second kappa shape index (κ2) is 4.09. The summed E-state index contributed by atoms with van der Waals surface area (Å²) in [5, 5.41) is 1.25. The highest BCUT2D eigenvalue weighted by Gasteiger charge is 2.11. The molecule has 0 fully saturated rings. The van der Waals surface area contributed by atoms with Gasteiger partial charge in [0.25, 0.3) is 0 Å². The van der Waals surface area contributed by atoms with Crippen LogP contribution in [0, 0.1) is 0 Å². The maximum absolute atomic E-state index is 4.40. The number of benzene rings is 1. The third-order valence-corrected chi connectivity index (χ3v) is 3.80. The number of allylic oxidation sites excluding steroid dienone is 1. The minimum atomic E-state index is 1.10. The first-order valence-corrected chi connectivity index (χ1v) is 6.63. The van der Waals surface area contributed by atoms with Gasteiger partial charge in [-0.1, -0.05) is 18.2 Å². The Labute approximate surface area is 111 Å². The fourth-order valence-electron chi connectivity index (χ4n) is 2.80. The van der Waals surface area contributed by atoms with Gasteiger partial charge in [0.05, 0.1) is 0 Å². The summed E-state index contributed by atoms with van der Waals surface area (Å²) in [7, 11) is 0. The number of aromatic nitrogens is 2. The first kappa shape index (κ1) is 10.6. The van der Waals surface area contributed by atoms with Gasteiger partial charge in [-0.3, -0.25) is 4.98 Å². The molecule has 1 N–H and O–H groups in total. The lowest BCUT2D eigenvalue weighted by Crippen LogP contribution is -1.97. The van der Waals surface area contributed by atoms with E-state index in [1.54, 1.807) is 0 Å². The van der Waals surface area contributed by atoms with Gasteiger partial charge in [-0.25, -0.2) is 0 Å². The Balaban J connectivity index is 1.94. The number of hydrogen-bond acceptors (Lipinski definition) is 1. The predicted molar refractivity (Wildman–Crippen MR) is 78.9 cm³/mol. The minimum Gasteiger partial charge on any atom is -0.361 e. The van der Waals surface area contributed by atoms with Crippen LogP contribution in [0.3, 0.4) is 0 Å². The average Bonchev–Trinajstić information content (AvgIpc) is 2.94. The van der Waals surface area contributed by atoms with Gasteiger partial charge in [0.1, 0.15) is 0 Å². The zero-order valence-corrected chi connectivity index (χ0v) is 10.6. The van der Waals surface area contributed by atoms with Crippen LogP contribution < -0.4 is 0 Å². The molecule has 0 saturated carbocycles. The highest BCUT2D eigenvalue weighted by atomic mass is 14.7. The lowest BCUT2D eigenvalue weighted by molar-refractivity contribution is 0.972. The summed E-state index contributed by atoms with van der Waals surface area (Å²) in [4.78, 5) is 7.63. The zero-order chi connectivity index (χ0) is 12.7. The number of pyridine rings is 1. The summed E-state index contributed by atoms with van der Waals surface area (Å²) >= 11 is 0. The maximum atomic E-state index is 4.40. The fourth-order valence-corrected chi connectivity index (χ4v) is 2.80. The quantitative estimate of drug-likeness (QED) is 0.685. The smallest absolute Gasteiger partial charge is 0.0454 e. The number of fused-ring (bicyclic) bond motifs is 2. The van der Waals surface area contributed by atoms with Crippen molar-refractivity contribution in [2.75, 3.05) is 0 Å². The van der Waals surface area contributed by atoms with Gasteiger partial charge in [-0.15, -0.1) is 0 Å². The molecular formula is C17H14N2. The molecule has 0 spiro atoms. The van der Waals surface area contributed by atoms with Crippen LogP contribution in [0.4, 0.5) is 0 Å². The topological polar surface area (TPSA) is 28.7 Å². The van der Waals surface area contributed by atoms with Crippen molar-refractivity contribution in [2.45, 2.75) is 12.8 Å².